The number of halogens is 1. The van der Waals surface area contributed by atoms with Crippen LogP contribution in [0.3, 0.4) is 0 Å². The maximum absolute atomic E-state index is 12.5. The minimum absolute atomic E-state index is 0.0181. The Bertz CT molecular complexity index is 996. The van der Waals surface area contributed by atoms with E-state index in [0.29, 0.717) is 17.9 Å². The number of carbonyl (C=O) groups excluding carboxylic acids is 1. The second kappa shape index (κ2) is 5.23. The Labute approximate surface area is 156 Å². The molecule has 1 amide bonds. The van der Waals surface area contributed by atoms with Gasteiger partial charge in [-0.3, -0.25) is 4.79 Å². The number of rotatable bonds is 3. The van der Waals surface area contributed by atoms with Gasteiger partial charge in [0, 0.05) is 21.9 Å². The van der Waals surface area contributed by atoms with Crippen LogP contribution in [0.25, 0.3) is 11.0 Å². The van der Waals surface area contributed by atoms with Gasteiger partial charge in [-0.15, -0.1) is 0 Å². The topological polar surface area (TPSA) is 91.9 Å². The van der Waals surface area contributed by atoms with Crippen LogP contribution < -0.4 is 5.32 Å². The van der Waals surface area contributed by atoms with Gasteiger partial charge in [0.25, 0.3) is 0 Å². The minimum atomic E-state index is -2.94. The molecule has 8 heteroatoms. The van der Waals surface area contributed by atoms with E-state index in [1.807, 2.05) is 18.2 Å². The van der Waals surface area contributed by atoms with Crippen molar-refractivity contribution in [3.05, 3.63) is 29.0 Å². The molecule has 1 aromatic carbocycles. The van der Waals surface area contributed by atoms with Crippen molar-refractivity contribution in [2.75, 3.05) is 11.5 Å². The van der Waals surface area contributed by atoms with E-state index in [1.54, 1.807) is 0 Å². The molecule has 4 aliphatic rings. The van der Waals surface area contributed by atoms with Crippen LogP contribution in [0.5, 0.6) is 0 Å². The second-order valence-electron chi connectivity index (χ2n) is 8.25. The van der Waals surface area contributed by atoms with E-state index >= 15 is 0 Å². The molecule has 1 saturated heterocycles. The molecule has 2 heterocycles. The van der Waals surface area contributed by atoms with Crippen molar-refractivity contribution >= 4 is 38.4 Å². The van der Waals surface area contributed by atoms with Gasteiger partial charge >= 0.3 is 0 Å². The number of aromatic nitrogens is 2. The lowest BCUT2D eigenvalue weighted by Crippen LogP contribution is -2.77. The van der Waals surface area contributed by atoms with E-state index in [1.165, 1.54) is 0 Å². The molecular weight excluding hydrogens is 374 g/mol. The predicted molar refractivity (Wildman–Crippen MR) is 98.9 cm³/mol. The number of H-pyrrole nitrogens is 1. The van der Waals surface area contributed by atoms with Crippen molar-refractivity contribution < 1.29 is 13.2 Å². The lowest BCUT2D eigenvalue weighted by molar-refractivity contribution is -0.143. The third kappa shape index (κ3) is 2.47. The molecule has 0 radical (unpaired) electrons. The van der Waals surface area contributed by atoms with Gasteiger partial charge in [0.2, 0.25) is 5.91 Å². The zero-order valence-corrected chi connectivity index (χ0v) is 15.8. The summed E-state index contributed by atoms with van der Waals surface area (Å²) in [5.74, 6) is 1.09. The normalized spacial score (nSPS) is 32.7. The summed E-state index contributed by atoms with van der Waals surface area (Å²) in [7, 11) is -2.94. The van der Waals surface area contributed by atoms with Gasteiger partial charge < -0.3 is 10.3 Å². The molecule has 1 aromatic heterocycles. The Morgan fingerprint density at radius 3 is 2.62 bits per heavy atom. The molecule has 0 spiro atoms. The van der Waals surface area contributed by atoms with Gasteiger partial charge in [0.1, 0.15) is 15.7 Å². The molecule has 3 aliphatic carbocycles. The van der Waals surface area contributed by atoms with Crippen molar-refractivity contribution in [3.8, 4) is 0 Å². The molecule has 6 rings (SSSR count). The van der Waals surface area contributed by atoms with E-state index in [0.717, 1.165) is 36.1 Å². The number of hydrogen-bond acceptors (Lipinski definition) is 4. The summed E-state index contributed by atoms with van der Waals surface area (Å²) in [5, 5.41) is 3.87. The van der Waals surface area contributed by atoms with Gasteiger partial charge in [0.15, 0.2) is 0 Å². The largest absolute Gasteiger partial charge is 0.350 e. The van der Waals surface area contributed by atoms with Crippen LogP contribution in [0.15, 0.2) is 18.2 Å². The highest BCUT2D eigenvalue weighted by Gasteiger charge is 2.70. The Hall–Kier alpha value is -1.60. The van der Waals surface area contributed by atoms with E-state index in [-0.39, 0.29) is 34.3 Å². The minimum Gasteiger partial charge on any atom is -0.350 e. The molecule has 138 valence electrons. The van der Waals surface area contributed by atoms with E-state index in [9.17, 15) is 13.2 Å². The Balaban J connectivity index is 1.24. The van der Waals surface area contributed by atoms with Gasteiger partial charge in [-0.05, 0) is 50.3 Å². The highest BCUT2D eigenvalue weighted by molar-refractivity contribution is 7.91. The number of fused-ring (bicyclic) bond motifs is 1. The summed E-state index contributed by atoms with van der Waals surface area (Å²) in [6.45, 7) is 0. The summed E-state index contributed by atoms with van der Waals surface area (Å²) in [6.07, 6.45) is 3.57. The Morgan fingerprint density at radius 1 is 1.23 bits per heavy atom. The van der Waals surface area contributed by atoms with Crippen molar-refractivity contribution in [3.63, 3.8) is 0 Å². The van der Waals surface area contributed by atoms with E-state index in [2.05, 4.69) is 10.3 Å². The maximum atomic E-state index is 12.5. The molecule has 2 aromatic rings. The van der Waals surface area contributed by atoms with Crippen LogP contribution in [0.4, 0.5) is 0 Å². The molecule has 2 bridgehead atoms. The third-order valence-corrected chi connectivity index (χ3v) is 8.24. The van der Waals surface area contributed by atoms with Crippen LogP contribution in [0.2, 0.25) is 5.02 Å². The third-order valence-electron chi connectivity index (χ3n) is 6.29. The fourth-order valence-electron chi connectivity index (χ4n) is 4.92. The fraction of sp³-hybridized carbons (Fsp3) is 0.556. The summed E-state index contributed by atoms with van der Waals surface area (Å²) in [5.41, 5.74) is 1.77. The number of sulfone groups is 1. The molecular formula is C18H20ClN3O3S. The average Bonchev–Trinajstić information content (AvgIpc) is 2.91. The Kier molecular flexibility index (Phi) is 3.33. The highest BCUT2D eigenvalue weighted by atomic mass is 35.5. The molecule has 0 unspecified atom stereocenters. The van der Waals surface area contributed by atoms with Gasteiger partial charge in [-0.2, -0.15) is 0 Å². The van der Waals surface area contributed by atoms with Crippen LogP contribution in [0.1, 0.15) is 37.9 Å². The summed E-state index contributed by atoms with van der Waals surface area (Å²) in [6, 6.07) is 5.64. The summed E-state index contributed by atoms with van der Waals surface area (Å²) in [4.78, 5) is 20.6. The standard InChI is InChI=1S/C18H20ClN3O3S/c19-12-1-2-13-14(7-12)21-16(20-13)17-8-18(9-17,10-17)22-15(23)11-3-5-26(24,25)6-4-11/h1-2,7,11H,3-6,8-10H2,(H,20,21)(H,22,23). The van der Waals surface area contributed by atoms with Crippen molar-refractivity contribution in [1.82, 2.24) is 15.3 Å². The number of amides is 1. The number of hydrogen-bond donors (Lipinski definition) is 2. The first kappa shape index (κ1) is 16.6. The fourth-order valence-corrected chi connectivity index (χ4v) is 6.58. The molecule has 6 nitrogen and oxygen atoms in total. The lowest BCUT2D eigenvalue weighted by Gasteiger charge is -2.69. The van der Waals surface area contributed by atoms with Crippen LogP contribution in [-0.2, 0) is 20.0 Å². The average molecular weight is 394 g/mol. The number of aromatic amines is 1. The number of nitrogens with one attached hydrogen (secondary N) is 2. The molecule has 4 fully saturated rings. The zero-order valence-electron chi connectivity index (χ0n) is 14.2. The molecule has 0 atom stereocenters. The summed E-state index contributed by atoms with van der Waals surface area (Å²) >= 11 is 6.03. The van der Waals surface area contributed by atoms with Crippen LogP contribution in [-0.4, -0.2) is 41.3 Å². The smallest absolute Gasteiger partial charge is 0.223 e. The molecule has 2 N–H and O–H groups in total. The van der Waals surface area contributed by atoms with Gasteiger partial charge in [-0.25, -0.2) is 13.4 Å². The monoisotopic (exact) mass is 393 g/mol. The predicted octanol–water partition coefficient (Wildman–Crippen LogP) is 2.33. The molecule has 3 saturated carbocycles. The highest BCUT2D eigenvalue weighted by Crippen LogP contribution is 2.67. The maximum Gasteiger partial charge on any atom is 0.223 e. The van der Waals surface area contributed by atoms with Gasteiger partial charge in [-0.1, -0.05) is 11.6 Å². The quantitative estimate of drug-likeness (QED) is 0.837. The first-order valence-corrected chi connectivity index (χ1v) is 11.2. The summed E-state index contributed by atoms with van der Waals surface area (Å²) < 4.78 is 23.0. The SMILES string of the molecule is O=C(NC12CC(c3nc4cc(Cl)ccc4[nH]3)(C1)C2)C1CCS(=O)(=O)CC1. The molecule has 26 heavy (non-hydrogen) atoms. The number of benzene rings is 1. The lowest BCUT2D eigenvalue weighted by atomic mass is 9.39. The van der Waals surface area contributed by atoms with Crippen LogP contribution >= 0.6 is 11.6 Å². The Morgan fingerprint density at radius 2 is 1.92 bits per heavy atom. The van der Waals surface area contributed by atoms with E-state index < -0.39 is 9.84 Å². The zero-order chi connectivity index (χ0) is 18.2. The van der Waals surface area contributed by atoms with Crippen molar-refractivity contribution in [2.45, 2.75) is 43.1 Å². The first-order chi connectivity index (χ1) is 12.3. The van der Waals surface area contributed by atoms with E-state index in [4.69, 9.17) is 16.6 Å². The number of imidazole rings is 1. The van der Waals surface area contributed by atoms with Gasteiger partial charge in [0.05, 0.1) is 22.5 Å². The van der Waals surface area contributed by atoms with Crippen molar-refractivity contribution in [1.29, 1.82) is 0 Å². The van der Waals surface area contributed by atoms with Crippen molar-refractivity contribution in [2.24, 2.45) is 5.92 Å². The first-order valence-electron chi connectivity index (χ1n) is 8.97. The second-order valence-corrected chi connectivity index (χ2v) is 11.0. The molecule has 1 aliphatic heterocycles. The van der Waals surface area contributed by atoms with Crippen LogP contribution in [0, 0.1) is 5.92 Å². The number of nitrogens with zero attached hydrogens (tertiary/aromatic N) is 1. The number of carbonyl (C=O) groups is 1.